The molecule has 2 aromatic rings. The summed E-state index contributed by atoms with van der Waals surface area (Å²) in [7, 11) is 1.60. The van der Waals surface area contributed by atoms with Crippen molar-refractivity contribution in [1.82, 2.24) is 4.90 Å². The van der Waals surface area contributed by atoms with Crippen LogP contribution in [0.3, 0.4) is 0 Å². The summed E-state index contributed by atoms with van der Waals surface area (Å²) >= 11 is 5.62. The van der Waals surface area contributed by atoms with Gasteiger partial charge in [0.15, 0.2) is 0 Å². The van der Waals surface area contributed by atoms with E-state index in [0.29, 0.717) is 6.54 Å². The molecule has 3 nitrogen and oxygen atoms in total. The zero-order chi connectivity index (χ0) is 17.7. The van der Waals surface area contributed by atoms with Gasteiger partial charge in [0.25, 0.3) is 0 Å². The molecular weight excluding hydrogens is 341 g/mol. The van der Waals surface area contributed by atoms with Crippen LogP contribution in [0, 0.1) is 0 Å². The molecule has 7 heteroatoms. The lowest BCUT2D eigenvalue weighted by Crippen LogP contribution is -2.32. The third-order valence-corrected chi connectivity index (χ3v) is 3.64. The molecule has 1 amide bonds. The predicted octanol–water partition coefficient (Wildman–Crippen LogP) is 4.43. The van der Waals surface area contributed by atoms with Crippen LogP contribution in [0.25, 0.3) is 0 Å². The van der Waals surface area contributed by atoms with Crippen LogP contribution in [0.2, 0.25) is 5.02 Å². The van der Waals surface area contributed by atoms with E-state index in [0.717, 1.165) is 11.6 Å². The Morgan fingerprint density at radius 2 is 1.83 bits per heavy atom. The van der Waals surface area contributed by atoms with Crippen LogP contribution in [0.15, 0.2) is 48.5 Å². The first-order valence-electron chi connectivity index (χ1n) is 7.16. The van der Waals surface area contributed by atoms with Crippen molar-refractivity contribution in [3.63, 3.8) is 0 Å². The van der Waals surface area contributed by atoms with E-state index in [-0.39, 0.29) is 23.2 Å². The molecule has 24 heavy (non-hydrogen) atoms. The Labute approximate surface area is 143 Å². The maximum absolute atomic E-state index is 13.0. The molecule has 128 valence electrons. The van der Waals surface area contributed by atoms with Crippen molar-refractivity contribution < 1.29 is 18.0 Å². The third kappa shape index (κ3) is 4.89. The molecular formula is C17H16ClF3N2O. The molecule has 0 bridgehead atoms. The monoisotopic (exact) mass is 356 g/mol. The van der Waals surface area contributed by atoms with E-state index >= 15 is 0 Å². The van der Waals surface area contributed by atoms with Crippen LogP contribution >= 0.6 is 11.6 Å². The first-order valence-corrected chi connectivity index (χ1v) is 7.53. The summed E-state index contributed by atoms with van der Waals surface area (Å²) in [5.74, 6) is -0.318. The standard InChI is InChI=1S/C17H16ClF3N2O/c1-23(11-12-5-3-2-4-6-12)16(24)10-22-15-8-7-13(18)9-14(15)17(19,20)21/h2-9,22H,10-11H2,1H3. The minimum atomic E-state index is -4.55. The fourth-order valence-electron chi connectivity index (χ4n) is 2.16. The molecule has 0 saturated heterocycles. The first-order chi connectivity index (χ1) is 11.3. The number of nitrogens with zero attached hydrogens (tertiary/aromatic N) is 1. The normalized spacial score (nSPS) is 11.2. The molecule has 0 heterocycles. The zero-order valence-corrected chi connectivity index (χ0v) is 13.7. The molecule has 0 saturated carbocycles. The van der Waals surface area contributed by atoms with Crippen molar-refractivity contribution >= 4 is 23.2 Å². The van der Waals surface area contributed by atoms with Gasteiger partial charge in [0.05, 0.1) is 12.1 Å². The van der Waals surface area contributed by atoms with Crippen LogP contribution < -0.4 is 5.32 Å². The molecule has 0 unspecified atom stereocenters. The van der Waals surface area contributed by atoms with Crippen molar-refractivity contribution in [3.8, 4) is 0 Å². The highest BCUT2D eigenvalue weighted by atomic mass is 35.5. The number of hydrogen-bond donors (Lipinski definition) is 1. The van der Waals surface area contributed by atoms with E-state index in [2.05, 4.69) is 5.32 Å². The van der Waals surface area contributed by atoms with Gasteiger partial charge in [0.2, 0.25) is 5.91 Å². The summed E-state index contributed by atoms with van der Waals surface area (Å²) < 4.78 is 39.0. The van der Waals surface area contributed by atoms with E-state index in [4.69, 9.17) is 11.6 Å². The summed E-state index contributed by atoms with van der Waals surface area (Å²) in [4.78, 5) is 13.6. The average molecular weight is 357 g/mol. The number of halogens is 4. The molecule has 0 aliphatic heterocycles. The van der Waals surface area contributed by atoms with Gasteiger partial charge < -0.3 is 10.2 Å². The van der Waals surface area contributed by atoms with Crippen molar-refractivity contribution in [2.24, 2.45) is 0 Å². The van der Waals surface area contributed by atoms with Gasteiger partial charge in [-0.1, -0.05) is 41.9 Å². The van der Waals surface area contributed by atoms with Gasteiger partial charge in [-0.2, -0.15) is 13.2 Å². The van der Waals surface area contributed by atoms with Crippen LogP contribution in [0.1, 0.15) is 11.1 Å². The smallest absolute Gasteiger partial charge is 0.376 e. The summed E-state index contributed by atoms with van der Waals surface area (Å²) in [6, 6.07) is 12.7. The fourth-order valence-corrected chi connectivity index (χ4v) is 2.33. The molecule has 0 aliphatic rings. The summed E-state index contributed by atoms with van der Waals surface area (Å²) in [6.07, 6.45) is -4.55. The molecule has 0 aromatic heterocycles. The van der Waals surface area contributed by atoms with Crippen molar-refractivity contribution in [1.29, 1.82) is 0 Å². The Morgan fingerprint density at radius 3 is 2.46 bits per heavy atom. The molecule has 2 rings (SSSR count). The Bertz CT molecular complexity index is 705. The van der Waals surface area contributed by atoms with Gasteiger partial charge in [-0.3, -0.25) is 4.79 Å². The van der Waals surface area contributed by atoms with Crippen molar-refractivity contribution in [2.45, 2.75) is 12.7 Å². The number of carbonyl (C=O) groups excluding carboxylic acids is 1. The highest BCUT2D eigenvalue weighted by molar-refractivity contribution is 6.30. The number of likely N-dealkylation sites (N-methyl/N-ethyl adjacent to an activating group) is 1. The van der Waals surface area contributed by atoms with E-state index < -0.39 is 11.7 Å². The van der Waals surface area contributed by atoms with Crippen molar-refractivity contribution in [2.75, 3.05) is 18.9 Å². The van der Waals surface area contributed by atoms with E-state index in [1.54, 1.807) is 7.05 Å². The lowest BCUT2D eigenvalue weighted by Gasteiger charge is -2.19. The molecule has 1 N–H and O–H groups in total. The topological polar surface area (TPSA) is 32.3 Å². The first kappa shape index (κ1) is 18.1. The zero-order valence-electron chi connectivity index (χ0n) is 12.9. The molecule has 0 fully saturated rings. The van der Waals surface area contributed by atoms with Gasteiger partial charge in [0.1, 0.15) is 0 Å². The van der Waals surface area contributed by atoms with Gasteiger partial charge in [0, 0.05) is 24.3 Å². The maximum Gasteiger partial charge on any atom is 0.418 e. The van der Waals surface area contributed by atoms with Crippen molar-refractivity contribution in [3.05, 3.63) is 64.7 Å². The lowest BCUT2D eigenvalue weighted by atomic mass is 10.1. The Balaban J connectivity index is 2.01. The number of amides is 1. The largest absolute Gasteiger partial charge is 0.418 e. The Hall–Kier alpha value is -2.21. The van der Waals surface area contributed by atoms with E-state index in [1.807, 2.05) is 30.3 Å². The van der Waals surface area contributed by atoms with E-state index in [9.17, 15) is 18.0 Å². The average Bonchev–Trinajstić information content (AvgIpc) is 2.53. The minimum Gasteiger partial charge on any atom is -0.376 e. The van der Waals surface area contributed by atoms with Gasteiger partial charge >= 0.3 is 6.18 Å². The summed E-state index contributed by atoms with van der Waals surface area (Å²) in [6.45, 7) is 0.141. The summed E-state index contributed by atoms with van der Waals surface area (Å²) in [5.41, 5.74) is -0.127. The van der Waals surface area contributed by atoms with Gasteiger partial charge in [-0.05, 0) is 23.8 Å². The number of benzene rings is 2. The molecule has 2 aromatic carbocycles. The number of carbonyl (C=O) groups is 1. The number of anilines is 1. The van der Waals surface area contributed by atoms with Crippen LogP contribution in [0.4, 0.5) is 18.9 Å². The number of rotatable bonds is 5. The maximum atomic E-state index is 13.0. The number of alkyl halides is 3. The van der Waals surface area contributed by atoms with Crippen LogP contribution in [-0.4, -0.2) is 24.4 Å². The minimum absolute atomic E-state index is 0.0135. The second-order valence-electron chi connectivity index (χ2n) is 5.28. The highest BCUT2D eigenvalue weighted by Crippen LogP contribution is 2.36. The Kier molecular flexibility index (Phi) is 5.72. The molecule has 0 spiro atoms. The van der Waals surface area contributed by atoms with Gasteiger partial charge in [-0.15, -0.1) is 0 Å². The third-order valence-electron chi connectivity index (χ3n) is 3.41. The highest BCUT2D eigenvalue weighted by Gasteiger charge is 2.33. The summed E-state index contributed by atoms with van der Waals surface area (Å²) in [5, 5.41) is 2.53. The second kappa shape index (κ2) is 7.57. The van der Waals surface area contributed by atoms with Crippen LogP contribution in [-0.2, 0) is 17.5 Å². The second-order valence-corrected chi connectivity index (χ2v) is 5.71. The fraction of sp³-hybridized carbons (Fsp3) is 0.235. The molecule has 0 radical (unpaired) electrons. The SMILES string of the molecule is CN(Cc1ccccc1)C(=O)CNc1ccc(Cl)cc1C(F)(F)F. The Morgan fingerprint density at radius 1 is 1.17 bits per heavy atom. The quantitative estimate of drug-likeness (QED) is 0.859. The van der Waals surface area contributed by atoms with E-state index in [1.165, 1.54) is 17.0 Å². The lowest BCUT2D eigenvalue weighted by molar-refractivity contribution is -0.137. The number of nitrogens with one attached hydrogen (secondary N) is 1. The van der Waals surface area contributed by atoms with Gasteiger partial charge in [-0.25, -0.2) is 0 Å². The molecule has 0 atom stereocenters. The molecule has 0 aliphatic carbocycles. The van der Waals surface area contributed by atoms with Crippen LogP contribution in [0.5, 0.6) is 0 Å². The number of hydrogen-bond acceptors (Lipinski definition) is 2. The predicted molar refractivity (Wildman–Crippen MR) is 87.9 cm³/mol.